The van der Waals surface area contributed by atoms with E-state index in [0.29, 0.717) is 11.7 Å². The van der Waals surface area contributed by atoms with Crippen molar-refractivity contribution >= 4 is 40.5 Å². The molecule has 20 heavy (non-hydrogen) atoms. The molecule has 0 atom stereocenters. The lowest BCUT2D eigenvalue weighted by molar-refractivity contribution is 0.205. The second kappa shape index (κ2) is 5.35. The van der Waals surface area contributed by atoms with Crippen LogP contribution in [0.4, 0.5) is 11.5 Å². The highest BCUT2D eigenvalue weighted by atomic mass is 32.2. The number of benzene rings is 1. The summed E-state index contributed by atoms with van der Waals surface area (Å²) < 4.78 is 5.28. The van der Waals surface area contributed by atoms with Crippen LogP contribution in [0.2, 0.25) is 0 Å². The van der Waals surface area contributed by atoms with E-state index < -0.39 is 0 Å². The van der Waals surface area contributed by atoms with Crippen molar-refractivity contribution < 1.29 is 4.74 Å². The molecule has 0 saturated carbocycles. The Morgan fingerprint density at radius 1 is 1.40 bits per heavy atom. The van der Waals surface area contributed by atoms with E-state index in [1.54, 1.807) is 31.3 Å². The van der Waals surface area contributed by atoms with Gasteiger partial charge in [-0.25, -0.2) is 9.97 Å². The fraction of sp³-hybridized carbons (Fsp3) is 0.154. The third-order valence-corrected chi connectivity index (χ3v) is 4.18. The van der Waals surface area contributed by atoms with Gasteiger partial charge in [-0.1, -0.05) is 30.0 Å². The van der Waals surface area contributed by atoms with Crippen molar-refractivity contribution in [1.82, 2.24) is 9.97 Å². The topological polar surface area (TPSA) is 64.3 Å². The van der Waals surface area contributed by atoms with Crippen molar-refractivity contribution in [3.8, 4) is 0 Å². The molecule has 1 aliphatic heterocycles. The minimum Gasteiger partial charge on any atom is -0.389 e. The molecule has 102 valence electrons. The van der Waals surface area contributed by atoms with E-state index in [1.165, 1.54) is 0 Å². The van der Waals surface area contributed by atoms with Crippen LogP contribution in [0.15, 0.2) is 40.5 Å². The molecule has 1 aliphatic rings. The fourth-order valence-corrected chi connectivity index (χ4v) is 3.13. The van der Waals surface area contributed by atoms with Crippen molar-refractivity contribution in [2.75, 3.05) is 18.7 Å². The average Bonchev–Trinajstić information content (AvgIpc) is 2.46. The number of fused-ring (bicyclic) bond motifs is 2. The van der Waals surface area contributed by atoms with Crippen LogP contribution in [0, 0.1) is 0 Å². The van der Waals surface area contributed by atoms with Gasteiger partial charge < -0.3 is 10.5 Å². The molecule has 7 heteroatoms. The highest BCUT2D eigenvalue weighted by molar-refractivity contribution is 7.99. The van der Waals surface area contributed by atoms with Gasteiger partial charge in [-0.2, -0.15) is 0 Å². The zero-order valence-electron chi connectivity index (χ0n) is 10.7. The average molecular weight is 304 g/mol. The molecule has 0 bridgehead atoms. The van der Waals surface area contributed by atoms with Gasteiger partial charge in [0.1, 0.15) is 16.7 Å². The Morgan fingerprint density at radius 3 is 2.95 bits per heavy atom. The van der Waals surface area contributed by atoms with Crippen molar-refractivity contribution in [3.63, 3.8) is 0 Å². The van der Waals surface area contributed by atoms with Crippen LogP contribution in [0.5, 0.6) is 0 Å². The van der Waals surface area contributed by atoms with Crippen molar-refractivity contribution in [2.24, 2.45) is 5.73 Å². The number of ether oxygens (including phenoxy) is 1. The summed E-state index contributed by atoms with van der Waals surface area (Å²) in [7, 11) is 1.65. The Morgan fingerprint density at radius 2 is 2.20 bits per heavy atom. The van der Waals surface area contributed by atoms with Crippen molar-refractivity contribution in [1.29, 1.82) is 0 Å². The predicted octanol–water partition coefficient (Wildman–Crippen LogP) is 2.32. The summed E-state index contributed by atoms with van der Waals surface area (Å²) in [4.78, 5) is 12.2. The molecule has 0 fully saturated rings. The Kier molecular flexibility index (Phi) is 3.56. The van der Waals surface area contributed by atoms with Crippen LogP contribution in [-0.4, -0.2) is 28.8 Å². The third-order valence-electron chi connectivity index (χ3n) is 2.90. The summed E-state index contributed by atoms with van der Waals surface area (Å²) in [6, 6.07) is 5.87. The molecule has 3 rings (SSSR count). The van der Waals surface area contributed by atoms with Gasteiger partial charge in [0.15, 0.2) is 5.82 Å². The fourth-order valence-electron chi connectivity index (χ4n) is 2.02. The maximum atomic E-state index is 5.71. The Labute approximate surface area is 126 Å². The van der Waals surface area contributed by atoms with Crippen LogP contribution in [0.25, 0.3) is 0 Å². The maximum absolute atomic E-state index is 5.71. The lowest BCUT2D eigenvalue weighted by Crippen LogP contribution is -2.25. The molecule has 0 amide bonds. The van der Waals surface area contributed by atoms with E-state index in [1.807, 2.05) is 23.1 Å². The quantitative estimate of drug-likeness (QED) is 0.873. The number of anilines is 2. The number of hydrogen-bond donors (Lipinski definition) is 1. The van der Waals surface area contributed by atoms with E-state index in [-0.39, 0.29) is 0 Å². The van der Waals surface area contributed by atoms with Gasteiger partial charge in [0.2, 0.25) is 0 Å². The van der Waals surface area contributed by atoms with Crippen LogP contribution in [-0.2, 0) is 4.74 Å². The van der Waals surface area contributed by atoms with Crippen molar-refractivity contribution in [2.45, 2.75) is 9.92 Å². The number of thiocarbonyl (C=S) groups is 1. The molecule has 0 radical (unpaired) electrons. The molecule has 2 aromatic rings. The molecule has 1 aromatic heterocycles. The monoisotopic (exact) mass is 304 g/mol. The summed E-state index contributed by atoms with van der Waals surface area (Å²) in [5.41, 5.74) is 7.52. The van der Waals surface area contributed by atoms with E-state index in [4.69, 9.17) is 22.7 Å². The summed E-state index contributed by atoms with van der Waals surface area (Å²) >= 11 is 6.62. The third kappa shape index (κ3) is 2.24. The summed E-state index contributed by atoms with van der Waals surface area (Å²) in [6.07, 6.45) is 3.36. The summed E-state index contributed by atoms with van der Waals surface area (Å²) in [6.45, 7) is 0.389. The van der Waals surface area contributed by atoms with Crippen LogP contribution >= 0.6 is 24.0 Å². The Bertz CT molecular complexity index is 677. The van der Waals surface area contributed by atoms with Crippen LogP contribution in [0.3, 0.4) is 0 Å². The molecule has 0 aliphatic carbocycles. The second-order valence-corrected chi connectivity index (χ2v) is 5.65. The maximum Gasteiger partial charge on any atom is 0.168 e. The number of nitrogens with zero attached hydrogens (tertiary/aromatic N) is 3. The molecule has 2 heterocycles. The molecular weight excluding hydrogens is 292 g/mol. The highest BCUT2D eigenvalue weighted by Crippen LogP contribution is 2.46. The minimum atomic E-state index is 0.375. The van der Waals surface area contributed by atoms with E-state index >= 15 is 0 Å². The Hall–Kier alpha value is -1.70. The van der Waals surface area contributed by atoms with Gasteiger partial charge in [-0.3, -0.25) is 4.90 Å². The van der Waals surface area contributed by atoms with Crippen molar-refractivity contribution in [3.05, 3.63) is 36.2 Å². The summed E-state index contributed by atoms with van der Waals surface area (Å²) in [5, 5.41) is 0.861. The van der Waals surface area contributed by atoms with E-state index in [9.17, 15) is 0 Å². The zero-order valence-corrected chi connectivity index (χ0v) is 12.4. The first-order chi connectivity index (χ1) is 9.70. The summed E-state index contributed by atoms with van der Waals surface area (Å²) in [5.74, 6) is 0.784. The van der Waals surface area contributed by atoms with Crippen LogP contribution < -0.4 is 10.6 Å². The number of rotatable bonds is 3. The zero-order chi connectivity index (χ0) is 14.1. The molecule has 0 unspecified atom stereocenters. The molecule has 0 spiro atoms. The van der Waals surface area contributed by atoms with E-state index in [0.717, 1.165) is 27.0 Å². The minimum absolute atomic E-state index is 0.375. The smallest absolute Gasteiger partial charge is 0.168 e. The highest BCUT2D eigenvalue weighted by Gasteiger charge is 2.25. The first-order valence-electron chi connectivity index (χ1n) is 5.90. The standard InChI is InChI=1S/C13H12N4OS2/c1-18-7-17-9-6-8(11(14)19)2-3-10(9)20-13-12(17)15-4-5-16-13/h2-6H,7H2,1H3,(H2,14,19). The SMILES string of the molecule is COCN1c2cc(C(N)=S)ccc2Sc2nccnc21. The number of nitrogens with two attached hydrogens (primary N) is 1. The van der Waals surface area contributed by atoms with Gasteiger partial charge in [0.05, 0.1) is 5.69 Å². The lowest BCUT2D eigenvalue weighted by atomic mass is 10.2. The number of methoxy groups -OCH3 is 1. The molecular formula is C13H12N4OS2. The van der Waals surface area contributed by atoms with Gasteiger partial charge in [0.25, 0.3) is 0 Å². The first-order valence-corrected chi connectivity index (χ1v) is 7.12. The largest absolute Gasteiger partial charge is 0.389 e. The van der Waals surface area contributed by atoms with E-state index in [2.05, 4.69) is 9.97 Å². The molecule has 5 nitrogen and oxygen atoms in total. The second-order valence-electron chi connectivity index (χ2n) is 4.18. The normalized spacial score (nSPS) is 12.8. The molecule has 0 saturated heterocycles. The van der Waals surface area contributed by atoms with Gasteiger partial charge in [-0.05, 0) is 12.1 Å². The molecule has 2 N–H and O–H groups in total. The van der Waals surface area contributed by atoms with Gasteiger partial charge in [-0.15, -0.1) is 0 Å². The Balaban J connectivity index is 2.14. The van der Waals surface area contributed by atoms with Gasteiger partial charge >= 0.3 is 0 Å². The predicted molar refractivity (Wildman–Crippen MR) is 82.5 cm³/mol. The number of aromatic nitrogens is 2. The van der Waals surface area contributed by atoms with Gasteiger partial charge in [0, 0.05) is 30.0 Å². The first kappa shape index (κ1) is 13.3. The lowest BCUT2D eigenvalue weighted by Gasteiger charge is -2.30. The van der Waals surface area contributed by atoms with Crippen LogP contribution in [0.1, 0.15) is 5.56 Å². The number of hydrogen-bond acceptors (Lipinski definition) is 6. The molecule has 1 aromatic carbocycles.